The molecule has 0 bridgehead atoms. The summed E-state index contributed by atoms with van der Waals surface area (Å²) in [5.74, 6) is 0.586. The van der Waals surface area contributed by atoms with Gasteiger partial charge in [-0.1, -0.05) is 13.8 Å². The highest BCUT2D eigenvalue weighted by atomic mass is 16.5. The van der Waals surface area contributed by atoms with Crippen LogP contribution in [0.3, 0.4) is 0 Å². The average molecular weight is 202 g/mol. The molecule has 0 aromatic carbocycles. The fourth-order valence-corrected chi connectivity index (χ4v) is 1.66. The predicted octanol–water partition coefficient (Wildman–Crippen LogP) is 1.59. The Morgan fingerprint density at radius 3 is 2.64 bits per heavy atom. The molecule has 0 aromatic heterocycles. The van der Waals surface area contributed by atoms with Crippen molar-refractivity contribution < 1.29 is 14.6 Å². The molecule has 0 radical (unpaired) electrons. The van der Waals surface area contributed by atoms with Crippen LogP contribution in [-0.2, 0) is 9.47 Å². The zero-order valence-corrected chi connectivity index (χ0v) is 9.24. The predicted molar refractivity (Wildman–Crippen MR) is 55.3 cm³/mol. The molecule has 0 heterocycles. The molecule has 1 aliphatic carbocycles. The summed E-state index contributed by atoms with van der Waals surface area (Å²) in [4.78, 5) is 0. The van der Waals surface area contributed by atoms with Gasteiger partial charge in [-0.15, -0.1) is 0 Å². The lowest BCUT2D eigenvalue weighted by atomic mass is 10.2. The Labute approximate surface area is 86.4 Å². The number of hydrogen-bond acceptors (Lipinski definition) is 3. The number of hydrogen-bond donors (Lipinski definition) is 1. The van der Waals surface area contributed by atoms with E-state index in [1.165, 1.54) is 0 Å². The van der Waals surface area contributed by atoms with Gasteiger partial charge in [0.05, 0.1) is 25.4 Å². The first kappa shape index (κ1) is 12.0. The van der Waals surface area contributed by atoms with Crippen molar-refractivity contribution in [3.05, 3.63) is 0 Å². The summed E-state index contributed by atoms with van der Waals surface area (Å²) in [6.45, 7) is 6.40. The topological polar surface area (TPSA) is 38.7 Å². The molecular formula is C11H22O3. The minimum Gasteiger partial charge on any atom is -0.393 e. The molecule has 0 aromatic rings. The Hall–Kier alpha value is -0.120. The molecule has 3 nitrogen and oxygen atoms in total. The van der Waals surface area contributed by atoms with Crippen LogP contribution in [0.2, 0.25) is 0 Å². The van der Waals surface area contributed by atoms with E-state index in [-0.39, 0.29) is 12.2 Å². The smallest absolute Gasteiger partial charge is 0.0704 e. The van der Waals surface area contributed by atoms with Crippen LogP contribution in [0.15, 0.2) is 0 Å². The standard InChI is InChI=1S/C11H22O3/c1-9(2)8-13-5-6-14-11-4-3-10(12)7-11/h9-12H,3-8H2,1-2H3. The largest absolute Gasteiger partial charge is 0.393 e. The van der Waals surface area contributed by atoms with Gasteiger partial charge in [-0.05, 0) is 25.2 Å². The van der Waals surface area contributed by atoms with Gasteiger partial charge in [0.1, 0.15) is 0 Å². The molecule has 0 saturated heterocycles. The molecule has 1 aliphatic rings. The molecule has 1 N–H and O–H groups in total. The highest BCUT2D eigenvalue weighted by Crippen LogP contribution is 2.21. The number of aliphatic hydroxyl groups excluding tert-OH is 1. The molecule has 14 heavy (non-hydrogen) atoms. The van der Waals surface area contributed by atoms with Gasteiger partial charge in [-0.2, -0.15) is 0 Å². The van der Waals surface area contributed by atoms with E-state index < -0.39 is 0 Å². The number of ether oxygens (including phenoxy) is 2. The number of rotatable bonds is 6. The van der Waals surface area contributed by atoms with E-state index in [4.69, 9.17) is 9.47 Å². The van der Waals surface area contributed by atoms with Gasteiger partial charge >= 0.3 is 0 Å². The van der Waals surface area contributed by atoms with Crippen LogP contribution in [0.1, 0.15) is 33.1 Å². The van der Waals surface area contributed by atoms with Crippen molar-refractivity contribution in [1.82, 2.24) is 0 Å². The van der Waals surface area contributed by atoms with Gasteiger partial charge in [0, 0.05) is 6.61 Å². The molecule has 0 spiro atoms. The van der Waals surface area contributed by atoms with Gasteiger partial charge in [0.25, 0.3) is 0 Å². The van der Waals surface area contributed by atoms with Crippen molar-refractivity contribution in [3.63, 3.8) is 0 Å². The van der Waals surface area contributed by atoms with Crippen molar-refractivity contribution in [3.8, 4) is 0 Å². The maximum absolute atomic E-state index is 9.26. The molecule has 84 valence electrons. The van der Waals surface area contributed by atoms with Crippen LogP contribution < -0.4 is 0 Å². The normalized spacial score (nSPS) is 27.4. The maximum Gasteiger partial charge on any atom is 0.0704 e. The lowest BCUT2D eigenvalue weighted by molar-refractivity contribution is -0.00227. The summed E-state index contributed by atoms with van der Waals surface area (Å²) in [5, 5.41) is 9.26. The minimum atomic E-state index is -0.142. The van der Waals surface area contributed by atoms with E-state index in [0.29, 0.717) is 19.1 Å². The first-order chi connectivity index (χ1) is 6.68. The van der Waals surface area contributed by atoms with Crippen LogP contribution in [0.25, 0.3) is 0 Å². The van der Waals surface area contributed by atoms with E-state index in [2.05, 4.69) is 13.8 Å². The first-order valence-electron chi connectivity index (χ1n) is 5.56. The Morgan fingerprint density at radius 1 is 1.29 bits per heavy atom. The molecule has 0 aliphatic heterocycles. The molecule has 1 rings (SSSR count). The van der Waals surface area contributed by atoms with Crippen molar-refractivity contribution in [1.29, 1.82) is 0 Å². The molecule has 0 amide bonds. The van der Waals surface area contributed by atoms with Crippen molar-refractivity contribution >= 4 is 0 Å². The van der Waals surface area contributed by atoms with Crippen molar-refractivity contribution in [2.75, 3.05) is 19.8 Å². The number of aliphatic hydroxyl groups is 1. The molecular weight excluding hydrogens is 180 g/mol. The second-order valence-electron chi connectivity index (χ2n) is 4.43. The third-order valence-corrected chi connectivity index (χ3v) is 2.39. The lowest BCUT2D eigenvalue weighted by Crippen LogP contribution is -2.15. The molecule has 1 fully saturated rings. The second kappa shape index (κ2) is 6.38. The summed E-state index contributed by atoms with van der Waals surface area (Å²) in [6.07, 6.45) is 2.79. The van der Waals surface area contributed by atoms with Gasteiger partial charge in [0.15, 0.2) is 0 Å². The monoisotopic (exact) mass is 202 g/mol. The Kier molecular flexibility index (Phi) is 5.45. The summed E-state index contributed by atoms with van der Waals surface area (Å²) in [6, 6.07) is 0. The van der Waals surface area contributed by atoms with Gasteiger partial charge in [-0.3, -0.25) is 0 Å². The van der Waals surface area contributed by atoms with E-state index >= 15 is 0 Å². The summed E-state index contributed by atoms with van der Waals surface area (Å²) in [5.41, 5.74) is 0. The fraction of sp³-hybridized carbons (Fsp3) is 1.00. The van der Waals surface area contributed by atoms with E-state index in [1.54, 1.807) is 0 Å². The Morgan fingerprint density at radius 2 is 2.07 bits per heavy atom. The highest BCUT2D eigenvalue weighted by molar-refractivity contribution is 4.74. The SMILES string of the molecule is CC(C)COCCOC1CCC(O)C1. The summed E-state index contributed by atoms with van der Waals surface area (Å²) < 4.78 is 11.0. The van der Waals surface area contributed by atoms with Crippen LogP contribution in [0.5, 0.6) is 0 Å². The highest BCUT2D eigenvalue weighted by Gasteiger charge is 2.22. The first-order valence-corrected chi connectivity index (χ1v) is 5.56. The average Bonchev–Trinajstić information content (AvgIpc) is 2.50. The van der Waals surface area contributed by atoms with E-state index in [9.17, 15) is 5.11 Å². The molecule has 1 saturated carbocycles. The fourth-order valence-electron chi connectivity index (χ4n) is 1.66. The van der Waals surface area contributed by atoms with Crippen molar-refractivity contribution in [2.24, 2.45) is 5.92 Å². The van der Waals surface area contributed by atoms with Crippen LogP contribution in [0.4, 0.5) is 0 Å². The molecule has 2 unspecified atom stereocenters. The van der Waals surface area contributed by atoms with Gasteiger partial charge in [0.2, 0.25) is 0 Å². The Balaban J connectivity index is 1.89. The van der Waals surface area contributed by atoms with Crippen LogP contribution in [0, 0.1) is 5.92 Å². The van der Waals surface area contributed by atoms with Crippen LogP contribution in [-0.4, -0.2) is 37.1 Å². The lowest BCUT2D eigenvalue weighted by Gasteiger charge is -2.12. The zero-order chi connectivity index (χ0) is 10.4. The summed E-state index contributed by atoms with van der Waals surface area (Å²) >= 11 is 0. The van der Waals surface area contributed by atoms with E-state index in [1.807, 2.05) is 0 Å². The van der Waals surface area contributed by atoms with Gasteiger partial charge in [-0.25, -0.2) is 0 Å². The zero-order valence-electron chi connectivity index (χ0n) is 9.24. The van der Waals surface area contributed by atoms with Crippen LogP contribution >= 0.6 is 0 Å². The molecule has 3 heteroatoms. The minimum absolute atomic E-state index is 0.142. The Bertz CT molecular complexity index is 147. The molecule has 2 atom stereocenters. The quantitative estimate of drug-likeness (QED) is 0.665. The third kappa shape index (κ3) is 4.94. The second-order valence-corrected chi connectivity index (χ2v) is 4.43. The van der Waals surface area contributed by atoms with E-state index in [0.717, 1.165) is 25.9 Å². The third-order valence-electron chi connectivity index (χ3n) is 2.39. The maximum atomic E-state index is 9.26. The van der Waals surface area contributed by atoms with Gasteiger partial charge < -0.3 is 14.6 Å². The summed E-state index contributed by atoms with van der Waals surface area (Å²) in [7, 11) is 0. The van der Waals surface area contributed by atoms with Crippen molar-refractivity contribution in [2.45, 2.75) is 45.3 Å².